The standard InChI is InChI=1S/C60H62N12O8/c61-21-25-65-53(73)33-77-41-9-1-5-37(29-41)57-45-13-15-47(69-45)58(38-6-2-10-42(30-38)78-34-54(74)66-26-22-62)49-17-19-51(71-49)60(40-8-4-12-44(32-40)80-36-56(76)68-28-24-64)52-20-18-50(72-52)59(48-16-14-46(57)70-48)39-7-3-11-43(31-39)79-35-55(75)67-27-23-63/h1-20,29-32,69,72H,21-28,33-36,61-64H2,(H,65,73)(H,66,74)(H,67,75)(H,68,76). The molecule has 410 valence electrons. The predicted octanol–water partition coefficient (Wildman–Crippen LogP) is 8.50. The van der Waals surface area contributed by atoms with E-state index in [9.17, 15) is 20.4 Å². The molecule has 7 aromatic rings. The Labute approximate surface area is 460 Å². The highest BCUT2D eigenvalue weighted by molar-refractivity contribution is 6.00. The van der Waals surface area contributed by atoms with Crippen LogP contribution in [0.2, 0.25) is 0 Å². The number of nitrogens with two attached hydrogens (primary N) is 4. The van der Waals surface area contributed by atoms with Crippen molar-refractivity contribution < 1.29 is 39.4 Å². The molecule has 0 saturated heterocycles. The Morgan fingerprint density at radius 1 is 0.362 bits per heavy atom. The highest BCUT2D eigenvalue weighted by atomic mass is 16.5. The number of hydrogen-bond donors (Lipinski definition) is 10. The molecule has 8 bridgehead atoms. The first-order valence-electron chi connectivity index (χ1n) is 25.9. The fourth-order valence-electron chi connectivity index (χ4n) is 8.93. The normalized spacial score (nSPS) is 12.8. The summed E-state index contributed by atoms with van der Waals surface area (Å²) in [5.74, 6) is 1.21. The maximum Gasteiger partial charge on any atom is 0.220 e. The molecule has 20 heteroatoms. The minimum atomic E-state index is -0.178. The van der Waals surface area contributed by atoms with Gasteiger partial charge in [0.25, 0.3) is 0 Å². The molecule has 0 atom stereocenters. The van der Waals surface area contributed by atoms with Crippen molar-refractivity contribution in [2.24, 2.45) is 42.9 Å². The Bertz CT molecular complexity index is 3240. The molecule has 0 fully saturated rings. The van der Waals surface area contributed by atoms with Gasteiger partial charge in [-0.1, -0.05) is 48.5 Å². The number of H-pyrrole nitrogens is 2. The number of ether oxygens (including phenoxy) is 4. The summed E-state index contributed by atoms with van der Waals surface area (Å²) in [6.07, 6.45) is 7.84. The highest BCUT2D eigenvalue weighted by Gasteiger charge is 2.21. The van der Waals surface area contributed by atoms with Gasteiger partial charge < -0.3 is 72.3 Å². The molecule has 0 spiro atoms. The average molecular weight is 1080 g/mol. The molecule has 5 heterocycles. The van der Waals surface area contributed by atoms with Crippen molar-refractivity contribution >= 4 is 70.0 Å². The van der Waals surface area contributed by atoms with Gasteiger partial charge in [0.05, 0.1) is 49.0 Å². The monoisotopic (exact) mass is 1080 g/mol. The van der Waals surface area contributed by atoms with E-state index in [1.807, 2.05) is 121 Å². The first-order chi connectivity index (χ1) is 39.1. The largest absolute Gasteiger partial charge is 0.494 e. The number of rotatable bonds is 24. The average Bonchev–Trinajstić information content (AvgIpc) is 4.43. The van der Waals surface area contributed by atoms with Crippen molar-refractivity contribution in [3.63, 3.8) is 0 Å². The molecule has 80 heavy (non-hydrogen) atoms. The van der Waals surface area contributed by atoms with Gasteiger partial charge in [0.2, 0.25) is 23.6 Å². The Morgan fingerprint density at radius 2 is 0.600 bits per heavy atom. The third-order valence-corrected chi connectivity index (χ3v) is 12.4. The smallest absolute Gasteiger partial charge is 0.220 e. The number of aliphatic hydroxyl groups is 4. The Kier molecular flexibility index (Phi) is 18.4. The first-order valence-corrected chi connectivity index (χ1v) is 25.9. The van der Waals surface area contributed by atoms with Gasteiger partial charge in [-0.05, 0) is 119 Å². The zero-order chi connectivity index (χ0) is 55.8. The Morgan fingerprint density at radius 3 is 0.825 bits per heavy atom. The number of aromatic amines is 2. The van der Waals surface area contributed by atoms with Gasteiger partial charge in [-0.3, -0.25) is 20.0 Å². The van der Waals surface area contributed by atoms with Gasteiger partial charge in [0.1, 0.15) is 23.0 Å². The number of hydrogen-bond acceptors (Lipinski definition) is 14. The lowest BCUT2D eigenvalue weighted by atomic mass is 10.0. The van der Waals surface area contributed by atoms with Crippen LogP contribution in [0.4, 0.5) is 0 Å². The van der Waals surface area contributed by atoms with E-state index < -0.39 is 0 Å². The molecule has 0 radical (unpaired) electrons. The van der Waals surface area contributed by atoms with Crippen LogP contribution >= 0.6 is 0 Å². The summed E-state index contributed by atoms with van der Waals surface area (Å²) in [4.78, 5) is 34.6. The van der Waals surface area contributed by atoms with Gasteiger partial charge in [-0.25, -0.2) is 9.97 Å². The number of aliphatic imine (C=N–C) groups is 4. The van der Waals surface area contributed by atoms with Crippen LogP contribution in [-0.4, -0.2) is 143 Å². The van der Waals surface area contributed by atoms with Crippen LogP contribution in [0.1, 0.15) is 22.8 Å². The van der Waals surface area contributed by atoms with Crippen molar-refractivity contribution in [3.05, 3.63) is 144 Å². The van der Waals surface area contributed by atoms with Crippen molar-refractivity contribution in [2.45, 2.75) is 0 Å². The molecule has 14 N–H and O–H groups in total. The van der Waals surface area contributed by atoms with E-state index in [2.05, 4.69) is 29.9 Å². The van der Waals surface area contributed by atoms with E-state index in [0.717, 1.165) is 44.5 Å². The number of aliphatic hydroxyl groups excluding tert-OH is 4. The molecule has 20 nitrogen and oxygen atoms in total. The molecule has 4 aromatic carbocycles. The summed E-state index contributed by atoms with van der Waals surface area (Å²) in [6, 6.07) is 38.0. The van der Waals surface area contributed by atoms with E-state index in [1.165, 1.54) is 0 Å². The number of fused-ring (bicyclic) bond motifs is 8. The lowest BCUT2D eigenvalue weighted by molar-refractivity contribution is 0.344. The van der Waals surface area contributed by atoms with Gasteiger partial charge in [0.15, 0.2) is 26.4 Å². The van der Waals surface area contributed by atoms with Crippen molar-refractivity contribution in [1.29, 1.82) is 0 Å². The van der Waals surface area contributed by atoms with Gasteiger partial charge in [-0.2, -0.15) is 0 Å². The van der Waals surface area contributed by atoms with Crippen molar-refractivity contribution in [2.75, 3.05) is 78.8 Å². The summed E-state index contributed by atoms with van der Waals surface area (Å²) in [7, 11) is 0. The summed E-state index contributed by atoms with van der Waals surface area (Å²) in [6.45, 7) is 1.53. The number of nitrogens with zero attached hydrogens (tertiary/aromatic N) is 6. The molecule has 0 amide bonds. The van der Waals surface area contributed by atoms with Crippen molar-refractivity contribution in [1.82, 2.24) is 19.9 Å². The van der Waals surface area contributed by atoms with Crippen LogP contribution in [0.3, 0.4) is 0 Å². The van der Waals surface area contributed by atoms with Crippen LogP contribution in [0.15, 0.2) is 141 Å². The second-order valence-electron chi connectivity index (χ2n) is 18.1. The van der Waals surface area contributed by atoms with E-state index in [-0.39, 0.29) is 102 Å². The predicted molar refractivity (Wildman–Crippen MR) is 319 cm³/mol. The van der Waals surface area contributed by atoms with E-state index in [1.54, 1.807) is 24.3 Å². The molecular formula is C60H62N12O8. The van der Waals surface area contributed by atoms with Crippen LogP contribution in [0.5, 0.6) is 23.0 Å². The fraction of sp³-hybridized carbons (Fsp3) is 0.200. The van der Waals surface area contributed by atoms with Gasteiger partial charge >= 0.3 is 0 Å². The molecule has 0 unspecified atom stereocenters. The summed E-state index contributed by atoms with van der Waals surface area (Å²) >= 11 is 0. The number of aromatic nitrogens is 4. The molecule has 2 aliphatic rings. The molecular weight excluding hydrogens is 1020 g/mol. The topological polar surface area (TPSA) is 329 Å². The van der Waals surface area contributed by atoms with Gasteiger partial charge in [0, 0.05) is 70.5 Å². The van der Waals surface area contributed by atoms with Gasteiger partial charge in [-0.15, -0.1) is 0 Å². The SMILES string of the molecule is NCCN=C(O)COc1cccc(-c2c3nc(c(-c4cccc(OCC(O)=NCCN)c4)c4ccc([nH]4)c(-c4cccc(OCC(O)=NCCN)c4)c4nc(c(-c5cccc(OCC(O)=NCCN)c5)c5ccc2[nH]5)C=C4)C=C3)c1. The third kappa shape index (κ3) is 13.7. The fourth-order valence-corrected chi connectivity index (χ4v) is 8.93. The maximum absolute atomic E-state index is 10.5. The minimum Gasteiger partial charge on any atom is -0.494 e. The quantitative estimate of drug-likeness (QED) is 0.0200. The molecule has 0 aliphatic carbocycles. The molecule has 0 saturated carbocycles. The third-order valence-electron chi connectivity index (χ3n) is 12.4. The van der Waals surface area contributed by atoms with E-state index in [0.29, 0.717) is 67.8 Å². The Hall–Kier alpha value is -9.60. The van der Waals surface area contributed by atoms with Crippen molar-refractivity contribution in [3.8, 4) is 67.5 Å². The summed E-state index contributed by atoms with van der Waals surface area (Å²) < 4.78 is 24.2. The number of benzene rings is 4. The summed E-state index contributed by atoms with van der Waals surface area (Å²) in [5, 5.41) is 41.8. The second-order valence-corrected chi connectivity index (χ2v) is 18.1. The zero-order valence-corrected chi connectivity index (χ0v) is 43.8. The molecule has 9 rings (SSSR count). The lowest BCUT2D eigenvalue weighted by Gasteiger charge is -2.10. The zero-order valence-electron chi connectivity index (χ0n) is 43.8. The van der Waals surface area contributed by atoms with E-state index >= 15 is 0 Å². The van der Waals surface area contributed by atoms with Crippen LogP contribution in [-0.2, 0) is 0 Å². The lowest BCUT2D eigenvalue weighted by Crippen LogP contribution is -2.13. The Balaban J connectivity index is 1.32. The van der Waals surface area contributed by atoms with Crippen LogP contribution < -0.4 is 41.9 Å². The minimum absolute atomic E-state index is 0.159. The maximum atomic E-state index is 10.5. The summed E-state index contributed by atoms with van der Waals surface area (Å²) in [5.41, 5.74) is 33.7. The van der Waals surface area contributed by atoms with E-state index in [4.69, 9.17) is 51.9 Å². The van der Waals surface area contributed by atoms with Crippen LogP contribution in [0.25, 0.3) is 90.9 Å². The highest BCUT2D eigenvalue weighted by Crippen LogP contribution is 2.40. The molecule has 2 aliphatic heterocycles. The van der Waals surface area contributed by atoms with Crippen LogP contribution in [0, 0.1) is 0 Å². The first kappa shape index (κ1) is 55.2. The second kappa shape index (κ2) is 26.6. The number of nitrogens with one attached hydrogen (secondary N) is 2. The molecule has 3 aromatic heterocycles.